The predicted molar refractivity (Wildman–Crippen MR) is 107 cm³/mol. The number of hydrogen-bond donors (Lipinski definition) is 0. The van der Waals surface area contributed by atoms with E-state index in [1.54, 1.807) is 0 Å². The summed E-state index contributed by atoms with van der Waals surface area (Å²) < 4.78 is 27.6. The van der Waals surface area contributed by atoms with Gasteiger partial charge in [0.25, 0.3) is 0 Å². The van der Waals surface area contributed by atoms with E-state index in [0.29, 0.717) is 6.42 Å². The molecule has 1 fully saturated rings. The van der Waals surface area contributed by atoms with E-state index in [9.17, 15) is 8.78 Å². The number of aryl methyl sites for hydroxylation is 2. The molecule has 1 atom stereocenters. The molecule has 5 rings (SSSR count). The monoisotopic (exact) mass is 361 g/mol. The molecule has 3 aromatic rings. The van der Waals surface area contributed by atoms with Crippen molar-refractivity contribution in [1.29, 1.82) is 0 Å². The molecule has 1 saturated carbocycles. The van der Waals surface area contributed by atoms with Crippen LogP contribution in [-0.4, -0.2) is 11.6 Å². The van der Waals surface area contributed by atoms with Gasteiger partial charge in [-0.2, -0.15) is 0 Å². The van der Waals surface area contributed by atoms with Gasteiger partial charge >= 0.3 is 0 Å². The fourth-order valence-corrected chi connectivity index (χ4v) is 4.78. The Morgan fingerprint density at radius 1 is 1.00 bits per heavy atom. The number of alkyl halides is 2. The molecule has 0 aromatic heterocycles. The third kappa shape index (κ3) is 2.68. The Hall–Kier alpha value is -2.55. The second-order valence-corrected chi connectivity index (χ2v) is 8.03. The molecule has 1 heterocycles. The molecule has 0 radical (unpaired) electrons. The van der Waals surface area contributed by atoms with Crippen LogP contribution in [0.15, 0.2) is 53.5 Å². The van der Waals surface area contributed by atoms with Crippen molar-refractivity contribution < 1.29 is 8.78 Å². The average Bonchev–Trinajstić information content (AvgIpc) is 3.16. The van der Waals surface area contributed by atoms with Crippen LogP contribution in [0, 0.1) is 13.8 Å². The number of rotatable bonds is 2. The summed E-state index contributed by atoms with van der Waals surface area (Å²) in [6, 6.07) is 16.7. The maximum atomic E-state index is 13.8. The molecule has 0 spiro atoms. The molecule has 1 nitrogen and oxygen atoms in total. The SMILES string of the molecule is Cc1cc(C)cc(C2=Nc3ccc(C4CCC(F)(F)C4)c4cccc2c34)c1. The summed E-state index contributed by atoms with van der Waals surface area (Å²) >= 11 is 0. The molecule has 1 unspecified atom stereocenters. The summed E-state index contributed by atoms with van der Waals surface area (Å²) in [5.74, 6) is -2.61. The van der Waals surface area contributed by atoms with Crippen molar-refractivity contribution in [2.75, 3.05) is 0 Å². The first kappa shape index (κ1) is 16.6. The number of halogens is 2. The summed E-state index contributed by atoms with van der Waals surface area (Å²) in [7, 11) is 0. The minimum atomic E-state index is -2.53. The highest BCUT2D eigenvalue weighted by Crippen LogP contribution is 2.48. The largest absolute Gasteiger partial charge is 0.248 e. The fraction of sp³-hybridized carbons (Fsp3) is 0.292. The molecule has 2 aliphatic rings. The standard InChI is InChI=1S/C24H21F2N/c1-14-10-15(2)12-17(11-14)23-20-5-3-4-19-18(6-7-21(27-23)22(19)20)16-8-9-24(25,26)13-16/h3-7,10-12,16H,8-9,13H2,1-2H3. The maximum absolute atomic E-state index is 13.8. The van der Waals surface area contributed by atoms with E-state index >= 15 is 0 Å². The second kappa shape index (κ2) is 5.72. The van der Waals surface area contributed by atoms with Crippen LogP contribution >= 0.6 is 0 Å². The molecule has 27 heavy (non-hydrogen) atoms. The maximum Gasteiger partial charge on any atom is 0.248 e. The molecule has 0 amide bonds. The van der Waals surface area contributed by atoms with Gasteiger partial charge in [0.05, 0.1) is 11.4 Å². The molecular weight excluding hydrogens is 340 g/mol. The lowest BCUT2D eigenvalue weighted by atomic mass is 9.89. The van der Waals surface area contributed by atoms with Crippen LogP contribution in [0.4, 0.5) is 14.5 Å². The summed E-state index contributed by atoms with van der Waals surface area (Å²) in [5, 5.41) is 2.19. The van der Waals surface area contributed by atoms with Crippen molar-refractivity contribution in [1.82, 2.24) is 0 Å². The lowest BCUT2D eigenvalue weighted by molar-refractivity contribution is 0.00780. The minimum Gasteiger partial charge on any atom is -0.247 e. The van der Waals surface area contributed by atoms with Gasteiger partial charge in [0.2, 0.25) is 5.92 Å². The first-order valence-electron chi connectivity index (χ1n) is 9.52. The Morgan fingerprint density at radius 3 is 2.48 bits per heavy atom. The van der Waals surface area contributed by atoms with Crippen molar-refractivity contribution in [3.63, 3.8) is 0 Å². The van der Waals surface area contributed by atoms with E-state index in [0.717, 1.165) is 38.9 Å². The Kier molecular flexibility index (Phi) is 3.52. The van der Waals surface area contributed by atoms with E-state index in [-0.39, 0.29) is 18.8 Å². The Bertz CT molecular complexity index is 1090. The fourth-order valence-electron chi connectivity index (χ4n) is 4.78. The van der Waals surface area contributed by atoms with Crippen molar-refractivity contribution in [2.24, 2.45) is 4.99 Å². The normalized spacial score (nSPS) is 20.3. The Labute approximate surface area is 157 Å². The summed E-state index contributed by atoms with van der Waals surface area (Å²) in [6.45, 7) is 4.19. The molecular formula is C24H21F2N. The molecule has 1 aliphatic heterocycles. The van der Waals surface area contributed by atoms with Crippen molar-refractivity contribution in [3.8, 4) is 0 Å². The van der Waals surface area contributed by atoms with Crippen molar-refractivity contribution in [3.05, 3.63) is 76.3 Å². The zero-order valence-corrected chi connectivity index (χ0v) is 15.5. The molecule has 0 N–H and O–H groups in total. The highest BCUT2D eigenvalue weighted by molar-refractivity contribution is 6.26. The predicted octanol–water partition coefficient (Wildman–Crippen LogP) is 6.84. The molecule has 0 saturated heterocycles. The van der Waals surface area contributed by atoms with Gasteiger partial charge in [0.1, 0.15) is 0 Å². The van der Waals surface area contributed by atoms with E-state index in [1.165, 1.54) is 11.1 Å². The summed E-state index contributed by atoms with van der Waals surface area (Å²) in [5.41, 5.74) is 7.63. The first-order valence-corrected chi connectivity index (χ1v) is 9.52. The number of hydrogen-bond acceptors (Lipinski definition) is 1. The highest BCUT2D eigenvalue weighted by atomic mass is 19.3. The zero-order valence-electron chi connectivity index (χ0n) is 15.5. The Balaban J connectivity index is 1.66. The van der Waals surface area contributed by atoms with E-state index in [2.05, 4.69) is 44.2 Å². The van der Waals surface area contributed by atoms with Gasteiger partial charge in [-0.15, -0.1) is 0 Å². The van der Waals surface area contributed by atoms with Crippen LogP contribution in [0.3, 0.4) is 0 Å². The van der Waals surface area contributed by atoms with Gasteiger partial charge in [0.15, 0.2) is 0 Å². The van der Waals surface area contributed by atoms with Crippen LogP contribution < -0.4 is 0 Å². The Morgan fingerprint density at radius 2 is 1.78 bits per heavy atom. The van der Waals surface area contributed by atoms with Gasteiger partial charge in [-0.1, -0.05) is 41.5 Å². The smallest absolute Gasteiger partial charge is 0.247 e. The topological polar surface area (TPSA) is 12.4 Å². The van der Waals surface area contributed by atoms with E-state index in [1.807, 2.05) is 18.2 Å². The number of nitrogens with zero attached hydrogens (tertiary/aromatic N) is 1. The van der Waals surface area contributed by atoms with Crippen LogP contribution in [0.1, 0.15) is 53.0 Å². The first-order chi connectivity index (χ1) is 12.9. The minimum absolute atomic E-state index is 0.00901. The number of benzene rings is 3. The van der Waals surface area contributed by atoms with E-state index < -0.39 is 5.92 Å². The zero-order chi connectivity index (χ0) is 18.8. The van der Waals surface area contributed by atoms with Gasteiger partial charge < -0.3 is 0 Å². The molecule has 3 aromatic carbocycles. The van der Waals surface area contributed by atoms with Crippen LogP contribution in [0.25, 0.3) is 10.8 Å². The summed E-state index contributed by atoms with van der Waals surface area (Å²) in [4.78, 5) is 4.91. The molecule has 1 aliphatic carbocycles. The molecule has 3 heteroatoms. The van der Waals surface area contributed by atoms with Crippen LogP contribution in [0.2, 0.25) is 0 Å². The third-order valence-electron chi connectivity index (χ3n) is 5.88. The highest BCUT2D eigenvalue weighted by Gasteiger charge is 2.40. The molecule has 136 valence electrons. The summed E-state index contributed by atoms with van der Waals surface area (Å²) in [6.07, 6.45) is 0.498. The van der Waals surface area contributed by atoms with Crippen LogP contribution in [0.5, 0.6) is 0 Å². The lowest BCUT2D eigenvalue weighted by Crippen LogP contribution is -2.09. The van der Waals surface area contributed by atoms with Crippen molar-refractivity contribution in [2.45, 2.75) is 45.0 Å². The van der Waals surface area contributed by atoms with Gasteiger partial charge in [-0.3, -0.25) is 0 Å². The van der Waals surface area contributed by atoms with Crippen molar-refractivity contribution >= 4 is 22.2 Å². The average molecular weight is 361 g/mol. The quantitative estimate of drug-likeness (QED) is 0.370. The van der Waals surface area contributed by atoms with Crippen LogP contribution in [-0.2, 0) is 0 Å². The van der Waals surface area contributed by atoms with E-state index in [4.69, 9.17) is 4.99 Å². The van der Waals surface area contributed by atoms with Gasteiger partial charge in [-0.05, 0) is 55.3 Å². The van der Waals surface area contributed by atoms with Gasteiger partial charge in [0, 0.05) is 29.4 Å². The molecule has 0 bridgehead atoms. The number of aliphatic imine (C=N–C) groups is 1. The second-order valence-electron chi connectivity index (χ2n) is 8.03. The lowest BCUT2D eigenvalue weighted by Gasteiger charge is -2.15. The third-order valence-corrected chi connectivity index (χ3v) is 5.88. The van der Waals surface area contributed by atoms with Gasteiger partial charge in [-0.25, -0.2) is 13.8 Å².